The minimum atomic E-state index is -0.812. The zero-order valence-electron chi connectivity index (χ0n) is 12.7. The Balaban J connectivity index is 2.13. The Bertz CT molecular complexity index is 873. The first-order valence-corrected chi connectivity index (χ1v) is 6.92. The van der Waals surface area contributed by atoms with Crippen LogP contribution in [-0.2, 0) is 0 Å². The third-order valence-corrected chi connectivity index (χ3v) is 3.02. The third kappa shape index (κ3) is 4.52. The van der Waals surface area contributed by atoms with Gasteiger partial charge in [0.15, 0.2) is 6.61 Å². The molecule has 0 radical (unpaired) electrons. The van der Waals surface area contributed by atoms with Crippen molar-refractivity contribution in [3.8, 4) is 17.6 Å². The van der Waals surface area contributed by atoms with Crippen LogP contribution < -0.4 is 10.2 Å². The number of carbonyl (C=O) groups is 1. The first-order valence-electron chi connectivity index (χ1n) is 6.92. The summed E-state index contributed by atoms with van der Waals surface area (Å²) in [5.74, 6) is -0.816. The summed E-state index contributed by atoms with van der Waals surface area (Å²) in [4.78, 5) is 22.1. The van der Waals surface area contributed by atoms with Crippen LogP contribution in [0.15, 0.2) is 47.6 Å². The number of non-ortho nitro benzene ring substituents is 1. The maximum atomic E-state index is 12.0. The second-order valence-electron chi connectivity index (χ2n) is 4.64. The first-order chi connectivity index (χ1) is 12.0. The van der Waals surface area contributed by atoms with Crippen molar-refractivity contribution in [2.45, 2.75) is 0 Å². The van der Waals surface area contributed by atoms with E-state index in [1.54, 1.807) is 24.3 Å². The number of hydrogen-bond acceptors (Lipinski definition) is 7. The van der Waals surface area contributed by atoms with E-state index in [2.05, 4.69) is 10.5 Å². The van der Waals surface area contributed by atoms with Gasteiger partial charge in [0.25, 0.3) is 11.6 Å². The second kappa shape index (κ2) is 8.07. The molecule has 0 saturated heterocycles. The predicted octanol–water partition coefficient (Wildman–Crippen LogP) is 1.97. The number of aromatic hydroxyl groups is 1. The molecule has 9 heteroatoms. The molecule has 0 aliphatic carbocycles. The molecule has 0 unspecified atom stereocenters. The lowest BCUT2D eigenvalue weighted by molar-refractivity contribution is -0.384. The van der Waals surface area contributed by atoms with Crippen molar-refractivity contribution in [3.05, 3.63) is 63.7 Å². The number of rotatable bonds is 6. The van der Waals surface area contributed by atoms with E-state index in [0.717, 1.165) is 18.2 Å². The van der Waals surface area contributed by atoms with Crippen LogP contribution >= 0.6 is 0 Å². The molecule has 0 spiro atoms. The van der Waals surface area contributed by atoms with Gasteiger partial charge in [-0.1, -0.05) is 12.1 Å². The van der Waals surface area contributed by atoms with Crippen molar-refractivity contribution >= 4 is 17.8 Å². The Hall–Kier alpha value is -3.93. The van der Waals surface area contributed by atoms with Crippen LogP contribution in [0.4, 0.5) is 5.69 Å². The predicted molar refractivity (Wildman–Crippen MR) is 87.4 cm³/mol. The first kappa shape index (κ1) is 17.4. The molecule has 1 amide bonds. The number of amides is 1. The standard InChI is InChI=1S/C16H12N4O5/c17-7-8-25-15-4-2-1-3-11(15)10-18-19-16(22)13-9-12(20(23)24)5-6-14(13)21/h1-6,9-10,21H,8H2,(H,19,22)/b18-10-. The second-order valence-corrected chi connectivity index (χ2v) is 4.64. The zero-order chi connectivity index (χ0) is 18.2. The summed E-state index contributed by atoms with van der Waals surface area (Å²) in [6.45, 7) is -0.140. The number of benzene rings is 2. The molecule has 2 aromatic carbocycles. The van der Waals surface area contributed by atoms with Crippen molar-refractivity contribution in [2.24, 2.45) is 5.10 Å². The number of phenols is 1. The van der Waals surface area contributed by atoms with Crippen molar-refractivity contribution in [2.75, 3.05) is 6.61 Å². The van der Waals surface area contributed by atoms with Gasteiger partial charge in [-0.3, -0.25) is 14.9 Å². The monoisotopic (exact) mass is 340 g/mol. The molecule has 0 atom stereocenters. The lowest BCUT2D eigenvalue weighted by Crippen LogP contribution is -2.18. The molecule has 0 aromatic heterocycles. The molecular formula is C16H12N4O5. The maximum absolute atomic E-state index is 12.0. The average molecular weight is 340 g/mol. The highest BCUT2D eigenvalue weighted by molar-refractivity contribution is 5.98. The maximum Gasteiger partial charge on any atom is 0.275 e. The summed E-state index contributed by atoms with van der Waals surface area (Å²) < 4.78 is 5.21. The fraction of sp³-hybridized carbons (Fsp3) is 0.0625. The Kier molecular flexibility index (Phi) is 5.63. The van der Waals surface area contributed by atoms with Gasteiger partial charge >= 0.3 is 0 Å². The van der Waals surface area contributed by atoms with Crippen LogP contribution in [0.25, 0.3) is 0 Å². The van der Waals surface area contributed by atoms with Crippen LogP contribution in [0, 0.1) is 21.4 Å². The molecule has 0 bridgehead atoms. The number of nitro groups is 1. The number of phenolic OH excluding ortho intramolecular Hbond substituents is 1. The Morgan fingerprint density at radius 2 is 2.16 bits per heavy atom. The highest BCUT2D eigenvalue weighted by Gasteiger charge is 2.16. The average Bonchev–Trinajstić information content (AvgIpc) is 2.61. The van der Waals surface area contributed by atoms with Gasteiger partial charge in [-0.2, -0.15) is 10.4 Å². The lowest BCUT2D eigenvalue weighted by Gasteiger charge is -2.05. The van der Waals surface area contributed by atoms with E-state index in [-0.39, 0.29) is 17.9 Å². The summed E-state index contributed by atoms with van der Waals surface area (Å²) in [5.41, 5.74) is 2.07. The number of para-hydroxylation sites is 1. The van der Waals surface area contributed by atoms with Gasteiger partial charge in [0.1, 0.15) is 17.6 Å². The highest BCUT2D eigenvalue weighted by atomic mass is 16.6. The van der Waals surface area contributed by atoms with Gasteiger partial charge in [-0.25, -0.2) is 5.43 Å². The van der Waals surface area contributed by atoms with Crippen LogP contribution in [0.1, 0.15) is 15.9 Å². The number of nitrogens with zero attached hydrogens (tertiary/aromatic N) is 3. The number of hydrazone groups is 1. The van der Waals surface area contributed by atoms with Crippen molar-refractivity contribution in [1.82, 2.24) is 5.43 Å². The molecular weight excluding hydrogens is 328 g/mol. The molecule has 9 nitrogen and oxygen atoms in total. The number of hydrogen-bond donors (Lipinski definition) is 2. The lowest BCUT2D eigenvalue weighted by atomic mass is 10.1. The number of ether oxygens (including phenoxy) is 1. The number of nitrogens with one attached hydrogen (secondary N) is 1. The summed E-state index contributed by atoms with van der Waals surface area (Å²) in [6.07, 6.45) is 1.29. The van der Waals surface area contributed by atoms with Crippen molar-refractivity contribution in [3.63, 3.8) is 0 Å². The molecule has 0 heterocycles. The Labute approximate surface area is 141 Å². The van der Waals surface area contributed by atoms with E-state index < -0.39 is 16.6 Å². The number of nitro benzene ring substituents is 1. The van der Waals surface area contributed by atoms with Crippen molar-refractivity contribution in [1.29, 1.82) is 5.26 Å². The van der Waals surface area contributed by atoms with E-state index in [4.69, 9.17) is 10.00 Å². The van der Waals surface area contributed by atoms with E-state index >= 15 is 0 Å². The van der Waals surface area contributed by atoms with Crippen LogP contribution in [0.5, 0.6) is 11.5 Å². The molecule has 25 heavy (non-hydrogen) atoms. The summed E-state index contributed by atoms with van der Waals surface area (Å²) in [7, 11) is 0. The highest BCUT2D eigenvalue weighted by Crippen LogP contribution is 2.22. The Morgan fingerprint density at radius 1 is 1.40 bits per heavy atom. The van der Waals surface area contributed by atoms with E-state index in [0.29, 0.717) is 11.3 Å². The number of nitriles is 1. The van der Waals surface area contributed by atoms with E-state index in [9.17, 15) is 20.0 Å². The molecule has 0 aliphatic heterocycles. The normalized spacial score (nSPS) is 10.2. The molecule has 2 aromatic rings. The fourth-order valence-corrected chi connectivity index (χ4v) is 1.87. The quantitative estimate of drug-likeness (QED) is 0.468. The van der Waals surface area contributed by atoms with Gasteiger partial charge in [0, 0.05) is 17.7 Å². The van der Waals surface area contributed by atoms with Gasteiger partial charge in [0.05, 0.1) is 16.7 Å². The molecule has 0 saturated carbocycles. The van der Waals surface area contributed by atoms with Gasteiger partial charge < -0.3 is 9.84 Å². The smallest absolute Gasteiger partial charge is 0.275 e. The van der Waals surface area contributed by atoms with Crippen molar-refractivity contribution < 1.29 is 19.6 Å². The van der Waals surface area contributed by atoms with Crippen LogP contribution in [-0.4, -0.2) is 28.8 Å². The van der Waals surface area contributed by atoms with Crippen LogP contribution in [0.3, 0.4) is 0 Å². The molecule has 0 fully saturated rings. The van der Waals surface area contributed by atoms with Crippen LogP contribution in [0.2, 0.25) is 0 Å². The molecule has 0 aliphatic rings. The summed E-state index contributed by atoms with van der Waals surface area (Å²) >= 11 is 0. The SMILES string of the molecule is N#CCOc1ccccc1/C=N\NC(=O)c1cc([N+](=O)[O-])ccc1O. The van der Waals surface area contributed by atoms with Gasteiger partial charge in [-0.05, 0) is 18.2 Å². The minimum Gasteiger partial charge on any atom is -0.507 e. The van der Waals surface area contributed by atoms with E-state index in [1.165, 1.54) is 6.21 Å². The summed E-state index contributed by atoms with van der Waals surface area (Å²) in [6, 6.07) is 11.6. The van der Waals surface area contributed by atoms with Gasteiger partial charge in [-0.15, -0.1) is 0 Å². The van der Waals surface area contributed by atoms with E-state index in [1.807, 2.05) is 6.07 Å². The van der Waals surface area contributed by atoms with Gasteiger partial charge in [0.2, 0.25) is 0 Å². The third-order valence-electron chi connectivity index (χ3n) is 3.02. The summed E-state index contributed by atoms with van der Waals surface area (Å²) in [5, 5.41) is 32.7. The topological polar surface area (TPSA) is 138 Å². The minimum absolute atomic E-state index is 0.140. The fourth-order valence-electron chi connectivity index (χ4n) is 1.87. The largest absolute Gasteiger partial charge is 0.507 e. The zero-order valence-corrected chi connectivity index (χ0v) is 12.7. The molecule has 2 N–H and O–H groups in total. The molecule has 2 rings (SSSR count). The Morgan fingerprint density at radius 3 is 2.88 bits per heavy atom. The molecule has 126 valence electrons. The number of carbonyl (C=O) groups excluding carboxylic acids is 1.